The molecule has 0 radical (unpaired) electrons. The van der Waals surface area contributed by atoms with Crippen LogP contribution in [0.15, 0.2) is 65.7 Å². The van der Waals surface area contributed by atoms with Gasteiger partial charge in [-0.25, -0.2) is 14.6 Å². The quantitative estimate of drug-likeness (QED) is 0.103. The van der Waals surface area contributed by atoms with Gasteiger partial charge in [0.05, 0.1) is 52.8 Å². The van der Waals surface area contributed by atoms with Crippen molar-refractivity contribution in [3.63, 3.8) is 0 Å². The Labute approximate surface area is 293 Å². The molecule has 248 valence electrons. The molecule has 0 atom stereocenters. The molecule has 0 fully saturated rings. The number of methoxy groups -OCH3 is 2. The zero-order valence-electron chi connectivity index (χ0n) is 26.0. The molecule has 4 aromatic heterocycles. The highest BCUT2D eigenvalue weighted by Gasteiger charge is 2.16. The number of pyridine rings is 4. The Bertz CT molecular complexity index is 2310. The van der Waals surface area contributed by atoms with Crippen molar-refractivity contribution in [2.45, 2.75) is 20.8 Å². The number of esters is 2. The topological polar surface area (TPSA) is 165 Å². The van der Waals surface area contributed by atoms with Crippen LogP contribution in [-0.2, 0) is 14.0 Å². The van der Waals surface area contributed by atoms with Gasteiger partial charge in [0, 0.05) is 41.5 Å². The number of ether oxygens (including phenoxy) is 2. The van der Waals surface area contributed by atoms with Gasteiger partial charge in [-0.05, 0) is 89.0 Å². The minimum atomic E-state index is -3.22. The minimum absolute atomic E-state index is 0.127. The van der Waals surface area contributed by atoms with Crippen molar-refractivity contribution in [2.24, 2.45) is 0 Å². The average Bonchev–Trinajstić information content (AvgIpc) is 3.03. The third-order valence-electron chi connectivity index (χ3n) is 6.47. The number of halogens is 4. The third kappa shape index (κ3) is 9.41. The minimum Gasteiger partial charge on any atom is -0.464 e. The molecule has 1 N–H and O–H groups in total. The number of aromatic nitrogens is 4. The van der Waals surface area contributed by atoms with Crippen molar-refractivity contribution in [3.05, 3.63) is 98.7 Å². The van der Waals surface area contributed by atoms with Gasteiger partial charge in [0.25, 0.3) is 0 Å². The molecule has 0 aliphatic rings. The number of nitrogens with zero attached hydrogens (tertiary/aromatic N) is 4. The third-order valence-corrected chi connectivity index (χ3v) is 6.77. The van der Waals surface area contributed by atoms with Gasteiger partial charge in [0.15, 0.2) is 11.1 Å². The van der Waals surface area contributed by atoms with E-state index in [1.807, 2.05) is 50.2 Å². The van der Waals surface area contributed by atoms with Crippen LogP contribution in [0, 0.1) is 25.2 Å². The highest BCUT2D eigenvalue weighted by atomic mass is 36.0. The molecule has 0 aliphatic heterocycles. The molecule has 0 saturated carbocycles. The summed E-state index contributed by atoms with van der Waals surface area (Å²) in [5, 5.41) is 7.80. The summed E-state index contributed by atoms with van der Waals surface area (Å²) in [5.74, 6) is -1.09. The van der Waals surface area contributed by atoms with Crippen molar-refractivity contribution < 1.29 is 23.6 Å². The second-order valence-corrected chi connectivity index (χ2v) is 16.7. The molecule has 4 heterocycles. The van der Waals surface area contributed by atoms with E-state index in [4.69, 9.17) is 21.6 Å². The van der Waals surface area contributed by atoms with Crippen molar-refractivity contribution in [3.8, 4) is 6.07 Å². The summed E-state index contributed by atoms with van der Waals surface area (Å²) in [6.45, 7) is 5.25. The number of aryl methyl sites for hydroxylation is 2. The maximum Gasteiger partial charge on any atom is 0.356 e. The normalized spacial score (nSPS) is 10.5. The molecule has 48 heavy (non-hydrogen) atoms. The zero-order valence-corrected chi connectivity index (χ0v) is 29.9. The molecule has 16 heteroatoms. The molecule has 2 aromatic carbocycles. The van der Waals surface area contributed by atoms with E-state index in [1.54, 1.807) is 18.5 Å². The number of carbonyl (C=O) groups excluding carboxylic acids is 2. The molecule has 0 saturated heterocycles. The van der Waals surface area contributed by atoms with Gasteiger partial charge >= 0.3 is 17.1 Å². The van der Waals surface area contributed by atoms with Gasteiger partial charge in [-0.15, -0.1) is 0 Å². The zero-order chi connectivity index (χ0) is 35.8. The maximum atomic E-state index is 12.2. The Hall–Kier alpha value is -4.30. The van der Waals surface area contributed by atoms with Crippen LogP contribution in [0.1, 0.15) is 39.0 Å². The summed E-state index contributed by atoms with van der Waals surface area (Å²) in [6.07, 6.45) is 3.34. The number of fused-ring (bicyclic) bond motifs is 6. The van der Waals surface area contributed by atoms with E-state index in [2.05, 4.69) is 58.4 Å². The predicted molar refractivity (Wildman–Crippen MR) is 191 cm³/mol. The number of hydrogen-bond donors (Lipinski definition) is 1. The van der Waals surface area contributed by atoms with Gasteiger partial charge in [0.2, 0.25) is 0 Å². The van der Waals surface area contributed by atoms with E-state index in [0.29, 0.717) is 27.0 Å². The number of H-pyrrole nitrogens is 1. The molecule has 0 spiro atoms. The molecule has 0 unspecified atom stereocenters. The van der Waals surface area contributed by atoms with Crippen LogP contribution >= 0.6 is 50.5 Å². The van der Waals surface area contributed by atoms with Crippen LogP contribution in [0.5, 0.6) is 0 Å². The molecule has 11 nitrogen and oxygen atoms in total. The van der Waals surface area contributed by atoms with Crippen molar-refractivity contribution >= 4 is 106 Å². The van der Waals surface area contributed by atoms with Gasteiger partial charge in [-0.3, -0.25) is 19.3 Å². The first-order valence-corrected chi connectivity index (χ1v) is 18.4. The summed E-state index contributed by atoms with van der Waals surface area (Å²) in [6, 6.07) is 16.0. The number of hydrogen-bond acceptors (Lipinski definition) is 10. The molecule has 6 aromatic rings. The van der Waals surface area contributed by atoms with Crippen LogP contribution in [0.2, 0.25) is 5.02 Å². The Balaban J connectivity index is 0.000000214. The van der Waals surface area contributed by atoms with Gasteiger partial charge in [-0.1, -0.05) is 23.7 Å². The smallest absolute Gasteiger partial charge is 0.356 e. The van der Waals surface area contributed by atoms with Crippen LogP contribution in [-0.4, -0.2) is 46.1 Å². The first-order chi connectivity index (χ1) is 22.6. The standard InChI is InChI=1S/C15H11ClN2O2.C15H12N2O3.C2H3N.Cl3OP/c1-8-6-9-4-3-5-17-13(9)14-12(8)10(16)7-11(18-14)15(19)20-2;1-8-6-9-4-3-5-16-13(9)14-12(8)11(18)7-10(17-14)15(19)20-2;1-2-3;1-5(2,3)4/h3-7H,1-2H3;3-7H,1-2H3,(H,17,18);1H3;. The number of benzene rings is 2. The Morgan fingerprint density at radius 2 is 1.35 bits per heavy atom. The maximum absolute atomic E-state index is 12.2. The van der Waals surface area contributed by atoms with Crippen molar-refractivity contribution in [2.75, 3.05) is 14.2 Å². The second kappa shape index (κ2) is 16.7. The van der Waals surface area contributed by atoms with E-state index < -0.39 is 17.1 Å². The molecule has 0 bridgehead atoms. The lowest BCUT2D eigenvalue weighted by atomic mass is 10.0. The highest BCUT2D eigenvalue weighted by molar-refractivity contribution is 8.24. The molecule has 6 rings (SSSR count). The largest absolute Gasteiger partial charge is 0.464 e. The van der Waals surface area contributed by atoms with E-state index in [-0.39, 0.29) is 16.8 Å². The fourth-order valence-corrected chi connectivity index (χ4v) is 5.05. The lowest BCUT2D eigenvalue weighted by Gasteiger charge is -2.09. The SMILES string of the molecule is CC#N.COC(=O)c1cc(=O)c2c(C)cc3cccnc3c2[nH]1.COC(=O)c1cc(Cl)c2c(C)cc3cccnc3c2n1.O=P(Cl)(Cl)Cl. The average molecular weight is 749 g/mol. The first-order valence-electron chi connectivity index (χ1n) is 13.6. The van der Waals surface area contributed by atoms with Crippen LogP contribution in [0.25, 0.3) is 43.6 Å². The predicted octanol–water partition coefficient (Wildman–Crippen LogP) is 9.04. The highest BCUT2D eigenvalue weighted by Crippen LogP contribution is 2.61. The van der Waals surface area contributed by atoms with Crippen LogP contribution in [0.4, 0.5) is 0 Å². The Morgan fingerprint density at radius 3 is 1.90 bits per heavy atom. The number of aromatic amines is 1. The summed E-state index contributed by atoms with van der Waals surface area (Å²) in [4.78, 5) is 51.5. The van der Waals surface area contributed by atoms with E-state index in [0.717, 1.165) is 32.8 Å². The summed E-state index contributed by atoms with van der Waals surface area (Å²) in [5.41, 5.74) is 4.50. The number of nitrogens with one attached hydrogen (secondary N) is 1. The van der Waals surface area contributed by atoms with Crippen LogP contribution < -0.4 is 5.43 Å². The lowest BCUT2D eigenvalue weighted by molar-refractivity contribution is 0.0586. The molecule has 0 amide bonds. The monoisotopic (exact) mass is 747 g/mol. The first kappa shape index (κ1) is 38.2. The molecule has 0 aliphatic carbocycles. The molecular formula is C32H26Cl4N5O6P. The number of carbonyl (C=O) groups is 2. The van der Waals surface area contributed by atoms with E-state index >= 15 is 0 Å². The Kier molecular flexibility index (Phi) is 13.3. The summed E-state index contributed by atoms with van der Waals surface area (Å²) in [7, 11) is 2.59. The van der Waals surface area contributed by atoms with Crippen LogP contribution in [0.3, 0.4) is 0 Å². The lowest BCUT2D eigenvalue weighted by Crippen LogP contribution is -2.12. The second-order valence-electron chi connectivity index (χ2n) is 9.65. The number of rotatable bonds is 2. The van der Waals surface area contributed by atoms with Crippen molar-refractivity contribution in [1.82, 2.24) is 19.9 Å². The Morgan fingerprint density at radius 1 is 0.854 bits per heavy atom. The van der Waals surface area contributed by atoms with E-state index in [1.165, 1.54) is 33.3 Å². The summed E-state index contributed by atoms with van der Waals surface area (Å²) >= 11 is 20.1. The number of nitriles is 1. The fourth-order valence-electron chi connectivity index (χ4n) is 4.70. The molecular weight excluding hydrogens is 723 g/mol. The fraction of sp³-hybridized carbons (Fsp3) is 0.156. The van der Waals surface area contributed by atoms with Gasteiger partial charge < -0.3 is 14.5 Å². The van der Waals surface area contributed by atoms with Gasteiger partial charge in [-0.2, -0.15) is 5.26 Å². The van der Waals surface area contributed by atoms with Gasteiger partial charge in [0.1, 0.15) is 5.69 Å². The van der Waals surface area contributed by atoms with Crippen molar-refractivity contribution in [1.29, 1.82) is 5.26 Å². The summed E-state index contributed by atoms with van der Waals surface area (Å²) < 4.78 is 18.9. The van der Waals surface area contributed by atoms with E-state index in [9.17, 15) is 18.9 Å².